The highest BCUT2D eigenvalue weighted by atomic mass is 32.2. The van der Waals surface area contributed by atoms with Crippen molar-refractivity contribution in [2.45, 2.75) is 24.7 Å². The largest absolute Gasteiger partial charge is 0.506 e. The maximum absolute atomic E-state index is 13.8. The molecule has 0 fully saturated rings. The van der Waals surface area contributed by atoms with E-state index in [1.807, 2.05) is 0 Å². The van der Waals surface area contributed by atoms with Crippen molar-refractivity contribution in [2.24, 2.45) is 0 Å². The topological polar surface area (TPSA) is 110 Å². The number of hydrogen-bond donors (Lipinski definition) is 2. The minimum absolute atomic E-state index is 0.0234. The van der Waals surface area contributed by atoms with Gasteiger partial charge < -0.3 is 14.8 Å². The Hall–Kier alpha value is -3.27. The summed E-state index contributed by atoms with van der Waals surface area (Å²) in [5, 5.41) is 12.3. The van der Waals surface area contributed by atoms with E-state index in [1.165, 1.54) is 37.4 Å². The van der Waals surface area contributed by atoms with Crippen LogP contribution in [-0.2, 0) is 21.1 Å². The zero-order chi connectivity index (χ0) is 21.9. The molecule has 2 aromatic carbocycles. The van der Waals surface area contributed by atoms with Gasteiger partial charge >= 0.3 is 0 Å². The van der Waals surface area contributed by atoms with Crippen LogP contribution < -0.4 is 5.32 Å². The molecule has 0 aliphatic heterocycles. The molecule has 2 N–H and O–H groups in total. The molecule has 0 saturated carbocycles. The molecular formula is C20H18F2N2O5S. The lowest BCUT2D eigenvalue weighted by Gasteiger charge is -2.09. The molecule has 3 rings (SSSR count). The summed E-state index contributed by atoms with van der Waals surface area (Å²) in [6, 6.07) is 7.02. The number of phenols is 1. The van der Waals surface area contributed by atoms with Gasteiger partial charge in [0.05, 0.1) is 28.1 Å². The second-order valence-electron chi connectivity index (χ2n) is 6.35. The van der Waals surface area contributed by atoms with Gasteiger partial charge in [0.15, 0.2) is 21.5 Å². The number of halogens is 2. The van der Waals surface area contributed by atoms with Crippen LogP contribution in [0.2, 0.25) is 0 Å². The summed E-state index contributed by atoms with van der Waals surface area (Å²) in [6.07, 6.45) is 1.07. The SMILES string of the molecule is CCS(=O)(=O)c1ccc(O)c(NC(=O)CCc2ncc(-c3c(F)cccc3F)o2)c1. The fraction of sp³-hybridized carbons (Fsp3) is 0.200. The number of nitrogens with zero attached hydrogens (tertiary/aromatic N) is 1. The number of benzene rings is 2. The van der Waals surface area contributed by atoms with E-state index >= 15 is 0 Å². The van der Waals surface area contributed by atoms with E-state index in [2.05, 4.69) is 10.3 Å². The second-order valence-corrected chi connectivity index (χ2v) is 8.62. The highest BCUT2D eigenvalue weighted by molar-refractivity contribution is 7.91. The standard InChI is InChI=1S/C20H18F2N2O5S/c1-2-30(27,28)12-6-7-16(25)15(10-12)24-18(26)8-9-19-23-11-17(29-19)20-13(21)4-3-5-14(20)22/h3-7,10-11,25H,2,8-9H2,1H3,(H,24,26). The zero-order valence-corrected chi connectivity index (χ0v) is 16.7. The third kappa shape index (κ3) is 4.65. The maximum atomic E-state index is 13.8. The predicted molar refractivity (Wildman–Crippen MR) is 105 cm³/mol. The molecule has 0 bridgehead atoms. The number of anilines is 1. The molecule has 1 heterocycles. The molecule has 3 aromatic rings. The lowest BCUT2D eigenvalue weighted by atomic mass is 10.1. The van der Waals surface area contributed by atoms with Crippen molar-refractivity contribution in [3.63, 3.8) is 0 Å². The van der Waals surface area contributed by atoms with Crippen LogP contribution in [0.4, 0.5) is 14.5 Å². The molecule has 10 heteroatoms. The van der Waals surface area contributed by atoms with Gasteiger partial charge in [-0.3, -0.25) is 4.79 Å². The van der Waals surface area contributed by atoms with Gasteiger partial charge in [-0.25, -0.2) is 22.2 Å². The number of aromatic nitrogens is 1. The Kier molecular flexibility index (Phi) is 6.16. The van der Waals surface area contributed by atoms with Crippen molar-refractivity contribution in [3.05, 3.63) is 60.1 Å². The van der Waals surface area contributed by atoms with E-state index in [0.29, 0.717) is 0 Å². The average Bonchev–Trinajstić information content (AvgIpc) is 3.16. The van der Waals surface area contributed by atoms with E-state index in [0.717, 1.165) is 12.1 Å². The number of nitrogens with one attached hydrogen (secondary N) is 1. The van der Waals surface area contributed by atoms with Gasteiger partial charge in [-0.1, -0.05) is 13.0 Å². The third-order valence-electron chi connectivity index (χ3n) is 4.31. The van der Waals surface area contributed by atoms with Crippen LogP contribution in [0, 0.1) is 11.6 Å². The first kappa shape index (κ1) is 21.4. The van der Waals surface area contributed by atoms with Gasteiger partial charge in [-0.15, -0.1) is 0 Å². The molecule has 0 spiro atoms. The minimum Gasteiger partial charge on any atom is -0.506 e. The van der Waals surface area contributed by atoms with Gasteiger partial charge in [-0.2, -0.15) is 0 Å². The maximum Gasteiger partial charge on any atom is 0.224 e. The van der Waals surface area contributed by atoms with Crippen LogP contribution in [0.3, 0.4) is 0 Å². The van der Waals surface area contributed by atoms with Crippen molar-refractivity contribution in [1.82, 2.24) is 4.98 Å². The zero-order valence-electron chi connectivity index (χ0n) is 15.9. The number of oxazole rings is 1. The van der Waals surface area contributed by atoms with E-state index in [9.17, 15) is 27.1 Å². The molecule has 0 saturated heterocycles. The van der Waals surface area contributed by atoms with Crippen LogP contribution in [0.5, 0.6) is 5.75 Å². The highest BCUT2D eigenvalue weighted by Gasteiger charge is 2.18. The number of phenolic OH excluding ortho intramolecular Hbond substituents is 1. The predicted octanol–water partition coefficient (Wildman–Crippen LogP) is 3.69. The van der Waals surface area contributed by atoms with Gasteiger partial charge in [0, 0.05) is 12.8 Å². The fourth-order valence-corrected chi connectivity index (χ4v) is 3.59. The lowest BCUT2D eigenvalue weighted by Crippen LogP contribution is -2.13. The summed E-state index contributed by atoms with van der Waals surface area (Å²) in [7, 11) is -3.51. The number of sulfone groups is 1. The first-order valence-electron chi connectivity index (χ1n) is 8.96. The monoisotopic (exact) mass is 436 g/mol. The summed E-state index contributed by atoms with van der Waals surface area (Å²) in [4.78, 5) is 16.1. The van der Waals surface area contributed by atoms with E-state index < -0.39 is 27.4 Å². The average molecular weight is 436 g/mol. The molecule has 1 amide bonds. The minimum atomic E-state index is -3.51. The van der Waals surface area contributed by atoms with Crippen LogP contribution in [0.25, 0.3) is 11.3 Å². The van der Waals surface area contributed by atoms with Crippen LogP contribution in [-0.4, -0.2) is 30.2 Å². The number of aromatic hydroxyl groups is 1. The van der Waals surface area contributed by atoms with Crippen LogP contribution in [0.15, 0.2) is 51.9 Å². The van der Waals surface area contributed by atoms with Crippen molar-refractivity contribution >= 4 is 21.4 Å². The number of amides is 1. The smallest absolute Gasteiger partial charge is 0.224 e. The molecule has 7 nitrogen and oxygen atoms in total. The van der Waals surface area contributed by atoms with Crippen molar-refractivity contribution < 1.29 is 31.5 Å². The Morgan fingerprint density at radius 3 is 2.57 bits per heavy atom. The van der Waals surface area contributed by atoms with Crippen molar-refractivity contribution in [1.29, 1.82) is 0 Å². The first-order chi connectivity index (χ1) is 14.2. The Labute approximate surface area is 171 Å². The summed E-state index contributed by atoms with van der Waals surface area (Å²) < 4.78 is 56.9. The van der Waals surface area contributed by atoms with E-state index in [4.69, 9.17) is 4.42 Å². The van der Waals surface area contributed by atoms with E-state index in [1.54, 1.807) is 0 Å². The molecule has 0 unspecified atom stereocenters. The fourth-order valence-electron chi connectivity index (χ4n) is 2.68. The third-order valence-corrected chi connectivity index (χ3v) is 6.04. The molecule has 30 heavy (non-hydrogen) atoms. The Morgan fingerprint density at radius 2 is 1.90 bits per heavy atom. The molecule has 1 aromatic heterocycles. The number of aryl methyl sites for hydroxylation is 1. The van der Waals surface area contributed by atoms with E-state index in [-0.39, 0.29) is 52.1 Å². The summed E-state index contributed by atoms with van der Waals surface area (Å²) in [6.45, 7) is 1.48. The highest BCUT2D eigenvalue weighted by Crippen LogP contribution is 2.28. The Morgan fingerprint density at radius 1 is 1.20 bits per heavy atom. The normalized spacial score (nSPS) is 11.4. The number of hydrogen-bond acceptors (Lipinski definition) is 6. The van der Waals surface area contributed by atoms with Crippen LogP contribution in [0.1, 0.15) is 19.2 Å². The molecule has 0 aliphatic rings. The van der Waals surface area contributed by atoms with Gasteiger partial charge in [-0.05, 0) is 30.3 Å². The second kappa shape index (κ2) is 8.62. The lowest BCUT2D eigenvalue weighted by molar-refractivity contribution is -0.116. The summed E-state index contributed by atoms with van der Waals surface area (Å²) in [5.74, 6) is -2.55. The molecule has 0 aliphatic carbocycles. The molecule has 0 radical (unpaired) electrons. The number of carbonyl (C=O) groups excluding carboxylic acids is 1. The number of carbonyl (C=O) groups is 1. The van der Waals surface area contributed by atoms with Gasteiger partial charge in [0.2, 0.25) is 5.91 Å². The Bertz CT molecular complexity index is 1170. The molecule has 0 atom stereocenters. The Balaban J connectivity index is 1.68. The number of rotatable bonds is 7. The quantitative estimate of drug-likeness (QED) is 0.547. The van der Waals surface area contributed by atoms with Crippen LogP contribution >= 0.6 is 0 Å². The summed E-state index contributed by atoms with van der Waals surface area (Å²) >= 11 is 0. The van der Waals surface area contributed by atoms with Crippen molar-refractivity contribution in [2.75, 3.05) is 11.1 Å². The van der Waals surface area contributed by atoms with Gasteiger partial charge in [0.1, 0.15) is 17.4 Å². The van der Waals surface area contributed by atoms with Gasteiger partial charge in [0.25, 0.3) is 0 Å². The summed E-state index contributed by atoms with van der Waals surface area (Å²) in [5.41, 5.74) is -0.393. The first-order valence-corrected chi connectivity index (χ1v) is 10.6. The van der Waals surface area contributed by atoms with Crippen molar-refractivity contribution in [3.8, 4) is 17.1 Å². The molecular weight excluding hydrogens is 418 g/mol. The molecule has 158 valence electrons.